The molecule has 0 amide bonds. The largest absolute Gasteiger partial charge is 0.478 e. The van der Waals surface area contributed by atoms with Gasteiger partial charge in [-0.05, 0) is 31.2 Å². The van der Waals surface area contributed by atoms with Crippen LogP contribution in [0.2, 0.25) is 0 Å². The van der Waals surface area contributed by atoms with Crippen LogP contribution in [-0.2, 0) is 0 Å². The summed E-state index contributed by atoms with van der Waals surface area (Å²) >= 11 is 0. The molecule has 1 aromatic carbocycles. The van der Waals surface area contributed by atoms with Crippen LogP contribution in [0, 0.1) is 6.92 Å². The molecule has 0 fully saturated rings. The summed E-state index contributed by atoms with van der Waals surface area (Å²) in [7, 11) is 0. The molecule has 104 valence electrons. The van der Waals surface area contributed by atoms with E-state index in [0.717, 1.165) is 11.3 Å². The van der Waals surface area contributed by atoms with Gasteiger partial charge in [0, 0.05) is 17.5 Å². The van der Waals surface area contributed by atoms with Crippen LogP contribution in [-0.4, -0.2) is 26.2 Å². The monoisotopic (exact) mass is 281 g/mol. The molecule has 0 aliphatic heterocycles. The van der Waals surface area contributed by atoms with Crippen LogP contribution < -0.4 is 0 Å². The summed E-state index contributed by atoms with van der Waals surface area (Å²) in [5, 5.41) is 12.8. The second kappa shape index (κ2) is 5.16. The Morgan fingerprint density at radius 1 is 1.19 bits per heavy atom. The van der Waals surface area contributed by atoms with Crippen LogP contribution in [0.4, 0.5) is 0 Å². The predicted molar refractivity (Wildman–Crippen MR) is 74.7 cm³/mol. The second-order valence-electron chi connectivity index (χ2n) is 4.44. The number of pyridine rings is 1. The molecular formula is C15H11N3O3. The number of carboxylic acid groups (broad SMARTS) is 1. The number of hydrogen-bond acceptors (Lipinski definition) is 5. The number of benzene rings is 1. The molecule has 0 saturated carbocycles. The minimum absolute atomic E-state index is 0.213. The minimum Gasteiger partial charge on any atom is -0.478 e. The molecule has 6 nitrogen and oxygen atoms in total. The Kier molecular flexibility index (Phi) is 3.19. The van der Waals surface area contributed by atoms with Gasteiger partial charge in [0.25, 0.3) is 5.89 Å². The SMILES string of the molecule is Cc1ncccc1-c1nc(-c2ccc(C(=O)O)cc2)no1. The van der Waals surface area contributed by atoms with Gasteiger partial charge < -0.3 is 9.63 Å². The quantitative estimate of drug-likeness (QED) is 0.794. The van der Waals surface area contributed by atoms with Crippen molar-refractivity contribution in [1.82, 2.24) is 15.1 Å². The summed E-state index contributed by atoms with van der Waals surface area (Å²) in [4.78, 5) is 19.3. The van der Waals surface area contributed by atoms with Crippen molar-refractivity contribution in [3.8, 4) is 22.8 Å². The lowest BCUT2D eigenvalue weighted by molar-refractivity contribution is 0.0697. The summed E-state index contributed by atoms with van der Waals surface area (Å²) < 4.78 is 5.25. The molecule has 0 radical (unpaired) electrons. The fraction of sp³-hybridized carbons (Fsp3) is 0.0667. The Morgan fingerprint density at radius 3 is 2.62 bits per heavy atom. The van der Waals surface area contributed by atoms with Crippen LogP contribution in [0.5, 0.6) is 0 Å². The smallest absolute Gasteiger partial charge is 0.335 e. The highest BCUT2D eigenvalue weighted by Crippen LogP contribution is 2.23. The van der Waals surface area contributed by atoms with Crippen LogP contribution in [0.15, 0.2) is 47.1 Å². The maximum absolute atomic E-state index is 10.8. The van der Waals surface area contributed by atoms with Crippen LogP contribution in [0.1, 0.15) is 16.1 Å². The summed E-state index contributed by atoms with van der Waals surface area (Å²) in [6.45, 7) is 1.86. The van der Waals surface area contributed by atoms with Gasteiger partial charge in [-0.3, -0.25) is 4.98 Å². The van der Waals surface area contributed by atoms with Crippen molar-refractivity contribution in [3.05, 3.63) is 53.9 Å². The van der Waals surface area contributed by atoms with E-state index in [4.69, 9.17) is 9.63 Å². The molecule has 1 N–H and O–H groups in total. The first-order valence-corrected chi connectivity index (χ1v) is 6.24. The van der Waals surface area contributed by atoms with Crippen LogP contribution in [0.3, 0.4) is 0 Å². The van der Waals surface area contributed by atoms with E-state index < -0.39 is 5.97 Å². The summed E-state index contributed by atoms with van der Waals surface area (Å²) in [6.07, 6.45) is 1.70. The maximum atomic E-state index is 10.8. The number of nitrogens with zero attached hydrogens (tertiary/aromatic N) is 3. The van der Waals surface area contributed by atoms with Crippen molar-refractivity contribution in [1.29, 1.82) is 0 Å². The standard InChI is InChI=1S/C15H11N3O3/c1-9-12(3-2-8-16-9)14-17-13(18-21-14)10-4-6-11(7-5-10)15(19)20/h2-8H,1H3,(H,19,20). The molecule has 0 aliphatic carbocycles. The molecule has 0 bridgehead atoms. The lowest BCUT2D eigenvalue weighted by Gasteiger charge is -1.97. The van der Waals surface area contributed by atoms with E-state index in [2.05, 4.69) is 15.1 Å². The third kappa shape index (κ3) is 2.51. The number of aromatic carboxylic acids is 1. The fourth-order valence-corrected chi connectivity index (χ4v) is 1.92. The zero-order valence-electron chi connectivity index (χ0n) is 11.1. The number of carboxylic acids is 1. The van der Waals surface area contributed by atoms with Gasteiger partial charge in [-0.25, -0.2) is 4.79 Å². The van der Waals surface area contributed by atoms with Gasteiger partial charge in [-0.1, -0.05) is 17.3 Å². The van der Waals surface area contributed by atoms with E-state index in [-0.39, 0.29) is 5.56 Å². The normalized spacial score (nSPS) is 10.5. The highest BCUT2D eigenvalue weighted by Gasteiger charge is 2.13. The van der Waals surface area contributed by atoms with E-state index in [1.165, 1.54) is 12.1 Å². The number of hydrogen-bond donors (Lipinski definition) is 1. The summed E-state index contributed by atoms with van der Waals surface area (Å²) in [5.41, 5.74) is 2.48. The van der Waals surface area contributed by atoms with Crippen molar-refractivity contribution in [3.63, 3.8) is 0 Å². The van der Waals surface area contributed by atoms with E-state index in [0.29, 0.717) is 17.3 Å². The third-order valence-corrected chi connectivity index (χ3v) is 3.05. The van der Waals surface area contributed by atoms with Gasteiger partial charge in [0.05, 0.1) is 11.1 Å². The van der Waals surface area contributed by atoms with Crippen molar-refractivity contribution >= 4 is 5.97 Å². The zero-order chi connectivity index (χ0) is 14.8. The first kappa shape index (κ1) is 13.0. The highest BCUT2D eigenvalue weighted by molar-refractivity contribution is 5.88. The fourth-order valence-electron chi connectivity index (χ4n) is 1.92. The average Bonchev–Trinajstić information content (AvgIpc) is 2.97. The van der Waals surface area contributed by atoms with Gasteiger partial charge in [-0.15, -0.1) is 0 Å². The Hall–Kier alpha value is -3.02. The van der Waals surface area contributed by atoms with Crippen molar-refractivity contribution in [2.24, 2.45) is 0 Å². The Balaban J connectivity index is 1.95. The molecule has 0 unspecified atom stereocenters. The lowest BCUT2D eigenvalue weighted by Crippen LogP contribution is -1.95. The highest BCUT2D eigenvalue weighted by atomic mass is 16.5. The minimum atomic E-state index is -0.971. The molecule has 21 heavy (non-hydrogen) atoms. The van der Waals surface area contributed by atoms with Crippen molar-refractivity contribution in [2.75, 3.05) is 0 Å². The van der Waals surface area contributed by atoms with Crippen molar-refractivity contribution < 1.29 is 14.4 Å². The van der Waals surface area contributed by atoms with E-state index in [9.17, 15) is 4.79 Å². The molecule has 0 saturated heterocycles. The molecule has 0 spiro atoms. The second-order valence-corrected chi connectivity index (χ2v) is 4.44. The topological polar surface area (TPSA) is 89.1 Å². The Labute approximate surface area is 120 Å². The molecular weight excluding hydrogens is 270 g/mol. The van der Waals surface area contributed by atoms with Gasteiger partial charge in [0.1, 0.15) is 0 Å². The average molecular weight is 281 g/mol. The molecule has 2 heterocycles. The lowest BCUT2D eigenvalue weighted by atomic mass is 10.1. The molecule has 0 atom stereocenters. The third-order valence-electron chi connectivity index (χ3n) is 3.05. The molecule has 3 rings (SSSR count). The number of aromatic nitrogens is 3. The van der Waals surface area contributed by atoms with Gasteiger partial charge in [0.2, 0.25) is 5.82 Å². The van der Waals surface area contributed by atoms with E-state index in [1.54, 1.807) is 24.4 Å². The van der Waals surface area contributed by atoms with Gasteiger partial charge in [-0.2, -0.15) is 4.98 Å². The molecule has 0 aliphatic rings. The zero-order valence-corrected chi connectivity index (χ0v) is 11.1. The first-order valence-electron chi connectivity index (χ1n) is 6.24. The van der Waals surface area contributed by atoms with E-state index in [1.807, 2.05) is 13.0 Å². The number of rotatable bonds is 3. The van der Waals surface area contributed by atoms with Gasteiger partial charge >= 0.3 is 5.97 Å². The molecule has 6 heteroatoms. The summed E-state index contributed by atoms with van der Waals surface area (Å²) in [6, 6.07) is 9.95. The summed E-state index contributed by atoms with van der Waals surface area (Å²) in [5.74, 6) is -0.176. The molecule has 2 aromatic heterocycles. The Bertz CT molecular complexity index is 794. The first-order chi connectivity index (χ1) is 10.1. The number of aryl methyl sites for hydroxylation is 1. The maximum Gasteiger partial charge on any atom is 0.335 e. The van der Waals surface area contributed by atoms with Crippen LogP contribution >= 0.6 is 0 Å². The van der Waals surface area contributed by atoms with E-state index >= 15 is 0 Å². The van der Waals surface area contributed by atoms with Crippen molar-refractivity contribution in [2.45, 2.75) is 6.92 Å². The molecule has 3 aromatic rings. The predicted octanol–water partition coefficient (Wildman–Crippen LogP) is 2.81. The van der Waals surface area contributed by atoms with Gasteiger partial charge in [0.15, 0.2) is 0 Å². The van der Waals surface area contributed by atoms with Crippen LogP contribution in [0.25, 0.3) is 22.8 Å². The number of carbonyl (C=O) groups is 1. The Morgan fingerprint density at radius 2 is 1.95 bits per heavy atom.